The Balaban J connectivity index is 1.46. The molecule has 0 atom stereocenters. The maximum absolute atomic E-state index is 12.9. The number of hydrogen-bond acceptors (Lipinski definition) is 8. The zero-order valence-corrected chi connectivity index (χ0v) is 21.7. The summed E-state index contributed by atoms with van der Waals surface area (Å²) >= 11 is 0.810. The minimum Gasteiger partial charge on any atom is -0.497 e. The van der Waals surface area contributed by atoms with E-state index in [2.05, 4.69) is 13.8 Å². The van der Waals surface area contributed by atoms with Gasteiger partial charge in [0.1, 0.15) is 29.6 Å². The lowest BCUT2D eigenvalue weighted by atomic mass is 10.0. The zero-order valence-electron chi connectivity index (χ0n) is 20.8. The van der Waals surface area contributed by atoms with Gasteiger partial charge < -0.3 is 13.9 Å². The number of nitro benzene ring substituents is 1. The number of thioether (sulfide) groups is 1. The van der Waals surface area contributed by atoms with E-state index in [1.54, 1.807) is 18.2 Å². The first kappa shape index (κ1) is 26.0. The van der Waals surface area contributed by atoms with Gasteiger partial charge in [-0.25, -0.2) is 0 Å². The molecule has 1 saturated heterocycles. The van der Waals surface area contributed by atoms with Gasteiger partial charge in [0.2, 0.25) is 0 Å². The van der Waals surface area contributed by atoms with E-state index in [4.69, 9.17) is 13.9 Å². The Morgan fingerprint density at radius 1 is 1.14 bits per heavy atom. The lowest BCUT2D eigenvalue weighted by Gasteiger charge is -2.17. The minimum absolute atomic E-state index is 0.106. The number of furan rings is 1. The Labute approximate surface area is 218 Å². The summed E-state index contributed by atoms with van der Waals surface area (Å²) in [6, 6.07) is 13.6. The number of benzene rings is 2. The molecule has 0 unspecified atom stereocenters. The van der Waals surface area contributed by atoms with Crippen LogP contribution in [-0.2, 0) is 4.79 Å². The molecular formula is C27H26N2O7S. The Hall–Kier alpha value is -4.05. The third-order valence-electron chi connectivity index (χ3n) is 5.80. The van der Waals surface area contributed by atoms with Crippen LogP contribution in [-0.4, -0.2) is 41.2 Å². The van der Waals surface area contributed by atoms with Crippen molar-refractivity contribution in [1.29, 1.82) is 0 Å². The highest BCUT2D eigenvalue weighted by atomic mass is 32.2. The van der Waals surface area contributed by atoms with Gasteiger partial charge in [0.15, 0.2) is 0 Å². The molecule has 1 aliphatic heterocycles. The maximum atomic E-state index is 12.9. The number of imide groups is 1. The first-order valence-electron chi connectivity index (χ1n) is 11.6. The molecule has 0 saturated carbocycles. The van der Waals surface area contributed by atoms with Crippen LogP contribution >= 0.6 is 11.8 Å². The van der Waals surface area contributed by atoms with Crippen molar-refractivity contribution in [2.24, 2.45) is 0 Å². The van der Waals surface area contributed by atoms with Crippen molar-refractivity contribution in [2.75, 3.05) is 20.3 Å². The average molecular weight is 523 g/mol. The highest BCUT2D eigenvalue weighted by molar-refractivity contribution is 8.18. The largest absolute Gasteiger partial charge is 0.497 e. The minimum atomic E-state index is -0.519. The summed E-state index contributed by atoms with van der Waals surface area (Å²) in [4.78, 5) is 37.7. The molecule has 9 nitrogen and oxygen atoms in total. The number of hydrogen-bond donors (Lipinski definition) is 0. The predicted octanol–water partition coefficient (Wildman–Crippen LogP) is 6.41. The Kier molecular flexibility index (Phi) is 7.68. The monoisotopic (exact) mass is 522 g/mol. The molecule has 0 N–H and O–H groups in total. The quantitative estimate of drug-likeness (QED) is 0.180. The van der Waals surface area contributed by atoms with Gasteiger partial charge in [-0.2, -0.15) is 0 Å². The average Bonchev–Trinajstić information content (AvgIpc) is 3.43. The predicted molar refractivity (Wildman–Crippen MR) is 141 cm³/mol. The van der Waals surface area contributed by atoms with Gasteiger partial charge in [0.25, 0.3) is 16.8 Å². The molecular weight excluding hydrogens is 496 g/mol. The summed E-state index contributed by atoms with van der Waals surface area (Å²) in [6.45, 7) is 6.40. The van der Waals surface area contributed by atoms with E-state index < -0.39 is 16.1 Å². The summed E-state index contributed by atoms with van der Waals surface area (Å²) in [5, 5.41) is 11.1. The van der Waals surface area contributed by atoms with Crippen LogP contribution in [0.2, 0.25) is 0 Å². The van der Waals surface area contributed by atoms with Crippen molar-refractivity contribution >= 4 is 34.7 Å². The molecule has 2 amide bonds. The molecule has 0 radical (unpaired) electrons. The molecule has 10 heteroatoms. The summed E-state index contributed by atoms with van der Waals surface area (Å²) in [6.07, 6.45) is 1.46. The standard InChI is InChI=1S/C27H26N2O7S/c1-16(2)20-8-5-17(3)13-24(20)35-12-11-28-26(30)25(37-27(28)31)15-19-7-10-23(36-19)21-9-6-18(34-4)14-22(21)29(32)33/h5-10,13-16H,11-12H2,1-4H3/b25-15-. The molecule has 37 heavy (non-hydrogen) atoms. The zero-order chi connectivity index (χ0) is 26.7. The normalized spacial score (nSPS) is 14.6. The summed E-state index contributed by atoms with van der Waals surface area (Å²) in [5.74, 6) is 1.47. The van der Waals surface area contributed by atoms with Crippen LogP contribution in [0, 0.1) is 17.0 Å². The number of rotatable bonds is 9. The molecule has 1 aliphatic rings. The van der Waals surface area contributed by atoms with Crippen LogP contribution in [0.25, 0.3) is 17.4 Å². The second kappa shape index (κ2) is 10.9. The smallest absolute Gasteiger partial charge is 0.293 e. The Morgan fingerprint density at radius 2 is 1.92 bits per heavy atom. The third-order valence-corrected chi connectivity index (χ3v) is 6.71. The number of methoxy groups -OCH3 is 1. The number of carbonyl (C=O) groups excluding carboxylic acids is 2. The first-order valence-corrected chi connectivity index (χ1v) is 12.4. The lowest BCUT2D eigenvalue weighted by molar-refractivity contribution is -0.384. The van der Waals surface area contributed by atoms with E-state index in [-0.39, 0.29) is 41.0 Å². The van der Waals surface area contributed by atoms with Gasteiger partial charge in [-0.1, -0.05) is 26.0 Å². The maximum Gasteiger partial charge on any atom is 0.293 e. The summed E-state index contributed by atoms with van der Waals surface area (Å²) in [5.41, 5.74) is 2.22. The van der Waals surface area contributed by atoms with Crippen LogP contribution < -0.4 is 9.47 Å². The van der Waals surface area contributed by atoms with Crippen molar-refractivity contribution in [3.8, 4) is 22.8 Å². The number of nitro groups is 1. The van der Waals surface area contributed by atoms with Crippen LogP contribution in [0.1, 0.15) is 36.7 Å². The highest BCUT2D eigenvalue weighted by Crippen LogP contribution is 2.36. The summed E-state index contributed by atoms with van der Waals surface area (Å²) in [7, 11) is 1.42. The lowest BCUT2D eigenvalue weighted by Crippen LogP contribution is -2.32. The number of nitrogens with zero attached hydrogens (tertiary/aromatic N) is 2. The fourth-order valence-electron chi connectivity index (χ4n) is 3.89. The molecule has 0 bridgehead atoms. The van der Waals surface area contributed by atoms with Gasteiger partial charge >= 0.3 is 0 Å². The number of ether oxygens (including phenoxy) is 2. The topological polar surface area (TPSA) is 112 Å². The van der Waals surface area contributed by atoms with E-state index in [1.165, 1.54) is 25.3 Å². The van der Waals surface area contributed by atoms with Crippen LogP contribution in [0.3, 0.4) is 0 Å². The fourth-order valence-corrected chi connectivity index (χ4v) is 4.73. The molecule has 1 fully saturated rings. The van der Waals surface area contributed by atoms with Gasteiger partial charge in [-0.3, -0.25) is 24.6 Å². The Morgan fingerprint density at radius 3 is 2.62 bits per heavy atom. The van der Waals surface area contributed by atoms with E-state index in [0.717, 1.165) is 33.5 Å². The van der Waals surface area contributed by atoms with Gasteiger partial charge in [-0.15, -0.1) is 0 Å². The second-order valence-electron chi connectivity index (χ2n) is 8.72. The molecule has 4 rings (SSSR count). The second-order valence-corrected chi connectivity index (χ2v) is 9.71. The van der Waals surface area contributed by atoms with Gasteiger partial charge in [-0.05, 0) is 66.1 Å². The van der Waals surface area contributed by atoms with E-state index >= 15 is 0 Å². The Bertz CT molecular complexity index is 1390. The molecule has 1 aromatic heterocycles. The van der Waals surface area contributed by atoms with Gasteiger partial charge in [0.05, 0.1) is 35.1 Å². The van der Waals surface area contributed by atoms with Crippen molar-refractivity contribution in [2.45, 2.75) is 26.7 Å². The van der Waals surface area contributed by atoms with Crippen LogP contribution in [0.4, 0.5) is 10.5 Å². The number of amides is 2. The van der Waals surface area contributed by atoms with Crippen molar-refractivity contribution < 1.29 is 28.4 Å². The van der Waals surface area contributed by atoms with Crippen LogP contribution in [0.15, 0.2) is 57.9 Å². The SMILES string of the molecule is COc1ccc(-c2ccc(/C=C3\SC(=O)N(CCOc4cc(C)ccc4C(C)C)C3=O)o2)c([N+](=O)[O-])c1. The van der Waals surface area contributed by atoms with Crippen LogP contribution in [0.5, 0.6) is 11.5 Å². The fraction of sp³-hybridized carbons (Fsp3) is 0.259. The van der Waals surface area contributed by atoms with Crippen molar-refractivity contribution in [3.63, 3.8) is 0 Å². The van der Waals surface area contributed by atoms with E-state index in [1.807, 2.05) is 25.1 Å². The van der Waals surface area contributed by atoms with E-state index in [0.29, 0.717) is 11.5 Å². The molecule has 0 aliphatic carbocycles. The molecule has 192 valence electrons. The van der Waals surface area contributed by atoms with Gasteiger partial charge in [0, 0.05) is 6.08 Å². The summed E-state index contributed by atoms with van der Waals surface area (Å²) < 4.78 is 16.8. The van der Waals surface area contributed by atoms with Crippen molar-refractivity contribution in [1.82, 2.24) is 4.90 Å². The van der Waals surface area contributed by atoms with Crippen molar-refractivity contribution in [3.05, 3.63) is 80.4 Å². The molecule has 2 aromatic carbocycles. The van der Waals surface area contributed by atoms with E-state index in [9.17, 15) is 19.7 Å². The molecule has 2 heterocycles. The molecule has 3 aromatic rings. The first-order chi connectivity index (χ1) is 17.7. The number of carbonyl (C=O) groups is 2. The third kappa shape index (κ3) is 5.69. The molecule has 0 spiro atoms. The number of aryl methyl sites for hydroxylation is 1. The highest BCUT2D eigenvalue weighted by Gasteiger charge is 2.35.